The summed E-state index contributed by atoms with van der Waals surface area (Å²) in [6.07, 6.45) is -0.0647. The van der Waals surface area contributed by atoms with E-state index in [9.17, 15) is 23.4 Å². The molecule has 6 nitrogen and oxygen atoms in total. The number of aromatic carboxylic acids is 1. The molecule has 1 aliphatic rings. The van der Waals surface area contributed by atoms with Crippen LogP contribution in [0.15, 0.2) is 59.5 Å². The Morgan fingerprint density at radius 1 is 1.05 bits per heavy atom. The first-order valence-corrected chi connectivity index (χ1v) is 14.5. The lowest BCUT2D eigenvalue weighted by atomic mass is 9.84. The summed E-state index contributed by atoms with van der Waals surface area (Å²) in [4.78, 5) is 12.0. The summed E-state index contributed by atoms with van der Waals surface area (Å²) in [5.74, 6) is -1.84. The van der Waals surface area contributed by atoms with E-state index in [2.05, 4.69) is 0 Å². The van der Waals surface area contributed by atoms with E-state index in [1.165, 1.54) is 30.3 Å². The van der Waals surface area contributed by atoms with Gasteiger partial charge in [-0.1, -0.05) is 62.2 Å². The number of halogens is 3. The van der Waals surface area contributed by atoms with Crippen LogP contribution < -0.4 is 0 Å². The molecule has 0 radical (unpaired) electrons. The molecule has 5 rings (SSSR count). The molecule has 0 amide bonds. The number of aliphatic hydroxyl groups excluding tert-OH is 1. The van der Waals surface area contributed by atoms with Gasteiger partial charge in [0.25, 0.3) is 10.0 Å². The molecule has 1 fully saturated rings. The summed E-state index contributed by atoms with van der Waals surface area (Å²) in [6.45, 7) is 5.45. The van der Waals surface area contributed by atoms with Crippen molar-refractivity contribution in [2.75, 3.05) is 0 Å². The van der Waals surface area contributed by atoms with Gasteiger partial charge in [-0.2, -0.15) is 0 Å². The number of aromatic nitrogens is 1. The van der Waals surface area contributed by atoms with Crippen LogP contribution in [0.25, 0.3) is 10.9 Å². The molecule has 1 heterocycles. The van der Waals surface area contributed by atoms with Gasteiger partial charge in [-0.05, 0) is 71.7 Å². The quantitative estimate of drug-likeness (QED) is 0.246. The molecule has 0 aliphatic heterocycles. The third-order valence-corrected chi connectivity index (χ3v) is 9.60. The Hall–Kier alpha value is -2.91. The van der Waals surface area contributed by atoms with Gasteiger partial charge in [-0.3, -0.25) is 0 Å². The maximum absolute atomic E-state index is 15.4. The zero-order valence-corrected chi connectivity index (χ0v) is 23.7. The third-order valence-electron chi connectivity index (χ3n) is 7.03. The Kier molecular flexibility index (Phi) is 6.82. The van der Waals surface area contributed by atoms with Crippen molar-refractivity contribution in [3.63, 3.8) is 0 Å². The van der Waals surface area contributed by atoms with E-state index in [0.717, 1.165) is 16.8 Å². The summed E-state index contributed by atoms with van der Waals surface area (Å²) >= 11 is 13.2. The van der Waals surface area contributed by atoms with Crippen molar-refractivity contribution in [1.29, 1.82) is 0 Å². The van der Waals surface area contributed by atoms with Crippen molar-refractivity contribution in [3.8, 4) is 0 Å². The molecular formula is C29H26Cl2FNO5S. The molecule has 3 aromatic carbocycles. The first kappa shape index (κ1) is 27.6. The maximum Gasteiger partial charge on any atom is 0.337 e. The first-order chi connectivity index (χ1) is 18.2. The standard InChI is InChI=1S/C29H26Cl2FNO5S/c1-29(2,3)20-13-19(28(35)36)25(30)24(26(20)31)27(34)23-14-18-21(32)11-16(15-9-10-15)12-22(18)33(23)39(37,38)17-7-5-4-6-8-17/h4-8,11-15,27,34H,9-10H2,1-3H3,(H,35,36). The van der Waals surface area contributed by atoms with E-state index < -0.39 is 33.3 Å². The van der Waals surface area contributed by atoms with E-state index in [1.54, 1.807) is 24.3 Å². The molecule has 39 heavy (non-hydrogen) atoms. The lowest BCUT2D eigenvalue weighted by Crippen LogP contribution is -2.20. The van der Waals surface area contributed by atoms with Crippen molar-refractivity contribution in [1.82, 2.24) is 3.97 Å². The molecule has 1 atom stereocenters. The molecule has 10 heteroatoms. The minimum absolute atomic E-state index is 0.00180. The Bertz CT molecular complexity index is 1740. The third kappa shape index (κ3) is 4.73. The Balaban J connectivity index is 1.86. The number of aliphatic hydroxyl groups is 1. The molecule has 1 aliphatic carbocycles. The highest BCUT2D eigenvalue weighted by molar-refractivity contribution is 7.90. The minimum Gasteiger partial charge on any atom is -0.478 e. The number of hydrogen-bond acceptors (Lipinski definition) is 4. The molecular weight excluding hydrogens is 564 g/mol. The summed E-state index contributed by atoms with van der Waals surface area (Å²) < 4.78 is 44.4. The van der Waals surface area contributed by atoms with E-state index in [1.807, 2.05) is 20.8 Å². The SMILES string of the molecule is CC(C)(C)c1cc(C(=O)O)c(Cl)c(C(O)c2cc3c(F)cc(C4CC4)cc3n2S(=O)(=O)c2ccccc2)c1Cl. The van der Waals surface area contributed by atoms with Crippen molar-refractivity contribution in [3.05, 3.63) is 98.4 Å². The van der Waals surface area contributed by atoms with Gasteiger partial charge in [0.1, 0.15) is 11.9 Å². The fourth-order valence-corrected chi connectivity index (χ4v) is 7.31. The average Bonchev–Trinajstić information content (AvgIpc) is 3.63. The first-order valence-electron chi connectivity index (χ1n) is 12.3. The highest BCUT2D eigenvalue weighted by Crippen LogP contribution is 2.46. The summed E-state index contributed by atoms with van der Waals surface area (Å²) in [5.41, 5.74) is -0.194. The average molecular weight is 591 g/mol. The zero-order valence-electron chi connectivity index (χ0n) is 21.4. The predicted octanol–water partition coefficient (Wildman–Crippen LogP) is 7.28. The summed E-state index contributed by atoms with van der Waals surface area (Å²) in [7, 11) is -4.35. The van der Waals surface area contributed by atoms with E-state index in [0.29, 0.717) is 11.1 Å². The van der Waals surface area contributed by atoms with Crippen molar-refractivity contribution < 1.29 is 27.8 Å². The molecule has 1 unspecified atom stereocenters. The second-order valence-electron chi connectivity index (χ2n) is 10.8. The molecule has 2 N–H and O–H groups in total. The maximum atomic E-state index is 15.4. The largest absolute Gasteiger partial charge is 0.478 e. The van der Waals surface area contributed by atoms with Crippen LogP contribution in [0.1, 0.15) is 78.4 Å². The van der Waals surface area contributed by atoms with Crippen molar-refractivity contribution in [2.24, 2.45) is 0 Å². The molecule has 1 saturated carbocycles. The van der Waals surface area contributed by atoms with Gasteiger partial charge < -0.3 is 10.2 Å². The highest BCUT2D eigenvalue weighted by atomic mass is 35.5. The van der Waals surface area contributed by atoms with Crippen LogP contribution >= 0.6 is 23.2 Å². The topological polar surface area (TPSA) is 96.6 Å². The predicted molar refractivity (Wildman–Crippen MR) is 149 cm³/mol. The number of carboxylic acids is 1. The summed E-state index contributed by atoms with van der Waals surface area (Å²) in [6, 6.07) is 13.2. The molecule has 204 valence electrons. The van der Waals surface area contributed by atoms with E-state index >= 15 is 4.39 Å². The van der Waals surface area contributed by atoms with Crippen LogP contribution in [0.3, 0.4) is 0 Å². The number of hydrogen-bond donors (Lipinski definition) is 2. The minimum atomic E-state index is -4.35. The number of nitrogens with zero attached hydrogens (tertiary/aromatic N) is 1. The zero-order chi connectivity index (χ0) is 28.4. The van der Waals surface area contributed by atoms with E-state index in [-0.39, 0.29) is 48.6 Å². The molecule has 0 saturated heterocycles. The highest BCUT2D eigenvalue weighted by Gasteiger charge is 2.35. The Labute approximate surface area is 235 Å². The molecule has 4 aromatic rings. The fraction of sp³-hybridized carbons (Fsp3) is 0.276. The number of carbonyl (C=O) groups is 1. The number of benzene rings is 3. The van der Waals surface area contributed by atoms with Gasteiger partial charge in [-0.25, -0.2) is 21.6 Å². The Morgan fingerprint density at radius 2 is 1.69 bits per heavy atom. The Morgan fingerprint density at radius 3 is 2.26 bits per heavy atom. The lowest BCUT2D eigenvalue weighted by Gasteiger charge is -2.26. The van der Waals surface area contributed by atoms with Crippen molar-refractivity contribution in [2.45, 2.75) is 55.9 Å². The van der Waals surface area contributed by atoms with Gasteiger partial charge in [-0.15, -0.1) is 0 Å². The number of rotatable bonds is 6. The second-order valence-corrected chi connectivity index (χ2v) is 13.4. The molecule has 1 aromatic heterocycles. The van der Waals surface area contributed by atoms with Gasteiger partial charge >= 0.3 is 5.97 Å². The van der Waals surface area contributed by atoms with Gasteiger partial charge in [0.15, 0.2) is 0 Å². The monoisotopic (exact) mass is 589 g/mol. The smallest absolute Gasteiger partial charge is 0.337 e. The molecule has 0 spiro atoms. The van der Waals surface area contributed by atoms with Crippen LogP contribution in [-0.2, 0) is 15.4 Å². The van der Waals surface area contributed by atoms with Gasteiger partial charge in [0, 0.05) is 10.9 Å². The van der Waals surface area contributed by atoms with Crippen LogP contribution in [0, 0.1) is 5.82 Å². The van der Waals surface area contributed by atoms with Crippen LogP contribution in [-0.4, -0.2) is 28.6 Å². The van der Waals surface area contributed by atoms with Crippen LogP contribution in [0.4, 0.5) is 4.39 Å². The lowest BCUT2D eigenvalue weighted by molar-refractivity contribution is 0.0696. The molecule has 0 bridgehead atoms. The van der Waals surface area contributed by atoms with E-state index in [4.69, 9.17) is 23.2 Å². The van der Waals surface area contributed by atoms with Crippen molar-refractivity contribution >= 4 is 50.1 Å². The fourth-order valence-electron chi connectivity index (χ4n) is 4.84. The number of fused-ring (bicyclic) bond motifs is 1. The summed E-state index contributed by atoms with van der Waals surface area (Å²) in [5, 5.41) is 21.2. The van der Waals surface area contributed by atoms with Crippen LogP contribution in [0.5, 0.6) is 0 Å². The van der Waals surface area contributed by atoms with Crippen LogP contribution in [0.2, 0.25) is 10.0 Å². The van der Waals surface area contributed by atoms with Gasteiger partial charge in [0.05, 0.1) is 31.7 Å². The normalized spacial score (nSPS) is 15.1. The number of carboxylic acid groups (broad SMARTS) is 1. The second kappa shape index (κ2) is 9.63. The van der Waals surface area contributed by atoms with Gasteiger partial charge in [0.2, 0.25) is 0 Å².